The van der Waals surface area contributed by atoms with E-state index in [2.05, 4.69) is 147 Å². The number of carbonyl (C=O) groups is 1. The molecule has 0 N–H and O–H groups in total. The largest absolute Gasteiger partial charge is 0.310 e. The Kier molecular flexibility index (Phi) is 7.74. The summed E-state index contributed by atoms with van der Waals surface area (Å²) in [6.07, 6.45) is 2.00. The van der Waals surface area contributed by atoms with Gasteiger partial charge in [-0.2, -0.15) is 0 Å². The molecule has 0 spiro atoms. The standard InChI is InChI=1S/C45H39NO/c1-30-26-34-12-6-7-13-35(34)29-42(30)44(47)31(2)25-32-17-18-37-28-40(22-19-36(37)27-32)46(39-23-20-38(21-24-39)45(3,4)5)43-16-10-14-33-11-8-9-15-41(33)43/h6-29H,1-5H3. The lowest BCUT2D eigenvalue weighted by Crippen LogP contribution is -2.13. The van der Waals surface area contributed by atoms with Crippen LogP contribution in [0.2, 0.25) is 0 Å². The molecular formula is C45H39NO. The predicted molar refractivity (Wildman–Crippen MR) is 202 cm³/mol. The fraction of sp³-hybridized carbons (Fsp3) is 0.133. The van der Waals surface area contributed by atoms with Gasteiger partial charge in [0.2, 0.25) is 0 Å². The SMILES string of the molecule is CC(=Cc1ccc2cc(N(c3ccc(C(C)(C)C)cc3)c3cccc4ccccc34)ccc2c1)C(=O)c1cc2ccccc2cc1C. The van der Waals surface area contributed by atoms with Gasteiger partial charge in [0.05, 0.1) is 5.69 Å². The van der Waals surface area contributed by atoms with Gasteiger partial charge in [0.15, 0.2) is 5.78 Å². The molecule has 0 aliphatic rings. The molecule has 0 unspecified atom stereocenters. The van der Waals surface area contributed by atoms with Crippen LogP contribution in [0, 0.1) is 6.92 Å². The highest BCUT2D eigenvalue weighted by molar-refractivity contribution is 6.13. The summed E-state index contributed by atoms with van der Waals surface area (Å²) in [5.41, 5.74) is 8.23. The number of benzene rings is 7. The Morgan fingerprint density at radius 2 is 1.19 bits per heavy atom. The minimum atomic E-state index is 0.0620. The van der Waals surface area contributed by atoms with Gasteiger partial charge >= 0.3 is 0 Å². The van der Waals surface area contributed by atoms with Gasteiger partial charge < -0.3 is 4.90 Å². The summed E-state index contributed by atoms with van der Waals surface area (Å²) < 4.78 is 0. The van der Waals surface area contributed by atoms with Crippen molar-refractivity contribution in [3.8, 4) is 0 Å². The number of hydrogen-bond donors (Lipinski definition) is 0. The predicted octanol–water partition coefficient (Wildman–Crippen LogP) is 12.5. The number of anilines is 3. The van der Waals surface area contributed by atoms with Crippen molar-refractivity contribution in [3.05, 3.63) is 167 Å². The van der Waals surface area contributed by atoms with Crippen LogP contribution in [0.15, 0.2) is 145 Å². The Morgan fingerprint density at radius 1 is 0.596 bits per heavy atom. The van der Waals surface area contributed by atoms with Crippen LogP contribution < -0.4 is 4.90 Å². The Balaban J connectivity index is 1.26. The molecule has 0 amide bonds. The lowest BCUT2D eigenvalue weighted by atomic mass is 9.87. The summed E-state index contributed by atoms with van der Waals surface area (Å²) in [6.45, 7) is 10.7. The van der Waals surface area contributed by atoms with Crippen LogP contribution in [0.25, 0.3) is 38.4 Å². The monoisotopic (exact) mass is 609 g/mol. The van der Waals surface area contributed by atoms with Gasteiger partial charge in [-0.15, -0.1) is 0 Å². The van der Waals surface area contributed by atoms with Crippen LogP contribution in [0.5, 0.6) is 0 Å². The van der Waals surface area contributed by atoms with E-state index in [0.717, 1.165) is 60.9 Å². The number of Topliss-reactive ketones (excluding diaryl/α,β-unsaturated/α-hetero) is 1. The number of aryl methyl sites for hydroxylation is 1. The average Bonchev–Trinajstić information content (AvgIpc) is 3.07. The number of allylic oxidation sites excluding steroid dienone is 1. The van der Waals surface area contributed by atoms with E-state index >= 15 is 0 Å². The molecule has 0 radical (unpaired) electrons. The summed E-state index contributed by atoms with van der Waals surface area (Å²) in [4.78, 5) is 15.9. The van der Waals surface area contributed by atoms with Crippen molar-refractivity contribution in [2.24, 2.45) is 0 Å². The second kappa shape index (κ2) is 12.0. The highest BCUT2D eigenvalue weighted by Gasteiger charge is 2.19. The van der Waals surface area contributed by atoms with Crippen molar-refractivity contribution in [1.82, 2.24) is 0 Å². The summed E-state index contributed by atoms with van der Waals surface area (Å²) >= 11 is 0. The van der Waals surface area contributed by atoms with E-state index in [1.807, 2.05) is 38.1 Å². The van der Waals surface area contributed by atoms with E-state index in [4.69, 9.17) is 0 Å². The van der Waals surface area contributed by atoms with E-state index in [0.29, 0.717) is 0 Å². The number of ketones is 1. The molecule has 0 saturated carbocycles. The molecule has 7 aromatic carbocycles. The maximum absolute atomic E-state index is 13.6. The molecule has 0 aromatic heterocycles. The van der Waals surface area contributed by atoms with Crippen LogP contribution in [0.4, 0.5) is 17.1 Å². The molecule has 0 bridgehead atoms. The minimum Gasteiger partial charge on any atom is -0.310 e. The van der Waals surface area contributed by atoms with E-state index < -0.39 is 0 Å². The van der Waals surface area contributed by atoms with Gasteiger partial charge in [-0.1, -0.05) is 118 Å². The molecule has 0 heterocycles. The molecule has 0 aliphatic carbocycles. The lowest BCUT2D eigenvalue weighted by Gasteiger charge is -2.28. The molecule has 230 valence electrons. The van der Waals surface area contributed by atoms with E-state index in [-0.39, 0.29) is 11.2 Å². The fourth-order valence-electron chi connectivity index (χ4n) is 6.55. The van der Waals surface area contributed by atoms with Gasteiger partial charge in [-0.25, -0.2) is 0 Å². The summed E-state index contributed by atoms with van der Waals surface area (Å²) in [7, 11) is 0. The summed E-state index contributed by atoms with van der Waals surface area (Å²) in [5.74, 6) is 0.0620. The van der Waals surface area contributed by atoms with Crippen molar-refractivity contribution in [3.63, 3.8) is 0 Å². The molecule has 2 nitrogen and oxygen atoms in total. The number of carbonyl (C=O) groups excluding carboxylic acids is 1. The first-order chi connectivity index (χ1) is 22.7. The van der Waals surface area contributed by atoms with Gasteiger partial charge in [0, 0.05) is 22.3 Å². The number of fused-ring (bicyclic) bond motifs is 3. The maximum atomic E-state index is 13.6. The zero-order valence-electron chi connectivity index (χ0n) is 27.7. The van der Waals surface area contributed by atoms with Crippen LogP contribution >= 0.6 is 0 Å². The van der Waals surface area contributed by atoms with Crippen LogP contribution in [-0.2, 0) is 5.41 Å². The number of hydrogen-bond acceptors (Lipinski definition) is 2. The highest BCUT2D eigenvalue weighted by Crippen LogP contribution is 2.40. The Labute approximate surface area is 277 Å². The third-order valence-corrected chi connectivity index (χ3v) is 9.18. The molecule has 7 aromatic rings. The molecule has 7 rings (SSSR count). The molecule has 0 atom stereocenters. The molecule has 0 saturated heterocycles. The minimum absolute atomic E-state index is 0.0620. The normalized spacial score (nSPS) is 12.1. The molecular weight excluding hydrogens is 571 g/mol. The van der Waals surface area contributed by atoms with E-state index in [1.54, 1.807) is 0 Å². The molecule has 0 fully saturated rings. The lowest BCUT2D eigenvalue weighted by molar-refractivity contribution is 0.103. The van der Waals surface area contributed by atoms with Crippen molar-refractivity contribution in [1.29, 1.82) is 0 Å². The Morgan fingerprint density at radius 3 is 1.94 bits per heavy atom. The zero-order chi connectivity index (χ0) is 32.7. The number of nitrogens with zero attached hydrogens (tertiary/aromatic N) is 1. The first-order valence-electron chi connectivity index (χ1n) is 16.3. The second-order valence-corrected chi connectivity index (χ2v) is 13.6. The Bertz CT molecular complexity index is 2310. The molecule has 0 aliphatic heterocycles. The van der Waals surface area contributed by atoms with Crippen LogP contribution in [-0.4, -0.2) is 5.78 Å². The van der Waals surface area contributed by atoms with Crippen LogP contribution in [0.3, 0.4) is 0 Å². The zero-order valence-corrected chi connectivity index (χ0v) is 27.7. The quantitative estimate of drug-likeness (QED) is 0.138. The fourth-order valence-corrected chi connectivity index (χ4v) is 6.55. The summed E-state index contributed by atoms with van der Waals surface area (Å²) in [5, 5.41) is 6.92. The van der Waals surface area contributed by atoms with Gasteiger partial charge in [0.25, 0.3) is 0 Å². The third-order valence-electron chi connectivity index (χ3n) is 9.18. The third kappa shape index (κ3) is 5.95. The first-order valence-corrected chi connectivity index (χ1v) is 16.3. The number of rotatable bonds is 6. The smallest absolute Gasteiger partial charge is 0.189 e. The van der Waals surface area contributed by atoms with E-state index in [9.17, 15) is 4.79 Å². The van der Waals surface area contributed by atoms with E-state index in [1.165, 1.54) is 16.3 Å². The Hall–Kier alpha value is -5.47. The van der Waals surface area contributed by atoms with Crippen molar-refractivity contribution in [2.75, 3.05) is 4.90 Å². The van der Waals surface area contributed by atoms with Gasteiger partial charge in [0.1, 0.15) is 0 Å². The average molecular weight is 610 g/mol. The summed E-state index contributed by atoms with van der Waals surface area (Å²) in [6, 6.07) is 49.4. The molecule has 47 heavy (non-hydrogen) atoms. The molecule has 2 heteroatoms. The van der Waals surface area contributed by atoms with Crippen molar-refractivity contribution in [2.45, 2.75) is 40.0 Å². The second-order valence-electron chi connectivity index (χ2n) is 13.6. The first kappa shape index (κ1) is 30.2. The van der Waals surface area contributed by atoms with Crippen molar-refractivity contribution >= 4 is 61.2 Å². The highest BCUT2D eigenvalue weighted by atomic mass is 16.1. The maximum Gasteiger partial charge on any atom is 0.189 e. The van der Waals surface area contributed by atoms with Gasteiger partial charge in [-0.3, -0.25) is 4.79 Å². The van der Waals surface area contributed by atoms with Crippen LogP contribution in [0.1, 0.15) is 54.7 Å². The topological polar surface area (TPSA) is 20.3 Å². The van der Waals surface area contributed by atoms with Gasteiger partial charge in [-0.05, 0) is 117 Å². The van der Waals surface area contributed by atoms with Crippen molar-refractivity contribution < 1.29 is 4.79 Å².